The summed E-state index contributed by atoms with van der Waals surface area (Å²) in [5.41, 5.74) is 1.65. The van der Waals surface area contributed by atoms with Crippen molar-refractivity contribution in [1.82, 2.24) is 5.32 Å². The summed E-state index contributed by atoms with van der Waals surface area (Å²) >= 11 is 12.2. The van der Waals surface area contributed by atoms with E-state index in [9.17, 15) is 5.11 Å². The smallest absolute Gasteiger partial charge is 0.135 e. The van der Waals surface area contributed by atoms with Crippen molar-refractivity contribution in [2.75, 3.05) is 6.54 Å². The zero-order chi connectivity index (χ0) is 16.9. The first-order valence-electron chi connectivity index (χ1n) is 7.61. The number of aliphatic hydroxyl groups is 1. The van der Waals surface area contributed by atoms with Crippen LogP contribution in [0.15, 0.2) is 65.1 Å². The van der Waals surface area contributed by atoms with Crippen molar-refractivity contribution in [2.45, 2.75) is 12.6 Å². The summed E-state index contributed by atoms with van der Waals surface area (Å²) in [6.45, 7) is 0.958. The van der Waals surface area contributed by atoms with Gasteiger partial charge in [0, 0.05) is 17.1 Å². The van der Waals surface area contributed by atoms with Gasteiger partial charge in [-0.15, -0.1) is 0 Å². The van der Waals surface area contributed by atoms with Crippen molar-refractivity contribution in [3.63, 3.8) is 0 Å². The predicted octanol–water partition coefficient (Wildman–Crippen LogP) is 5.08. The van der Waals surface area contributed by atoms with Gasteiger partial charge in [0.25, 0.3) is 0 Å². The van der Waals surface area contributed by atoms with Gasteiger partial charge in [0.05, 0.1) is 17.7 Å². The molecule has 0 bridgehead atoms. The summed E-state index contributed by atoms with van der Waals surface area (Å²) < 4.78 is 5.81. The standard InChI is InChI=1S/C19H17Cl2NO2/c20-14-6-8-17(21)16(10-14)19-9-7-15(24-19)11-22-12-18(23)13-4-2-1-3-5-13/h1-10,18,22-23H,11-12H2. The van der Waals surface area contributed by atoms with Gasteiger partial charge in [0.2, 0.25) is 0 Å². The Hall–Kier alpha value is -1.78. The minimum absolute atomic E-state index is 0.442. The Morgan fingerprint density at radius 2 is 1.79 bits per heavy atom. The van der Waals surface area contributed by atoms with Gasteiger partial charge in [0.15, 0.2) is 0 Å². The molecule has 2 aromatic carbocycles. The molecule has 0 saturated heterocycles. The van der Waals surface area contributed by atoms with Gasteiger partial charge in [-0.05, 0) is 35.9 Å². The summed E-state index contributed by atoms with van der Waals surface area (Å²) in [5, 5.41) is 14.5. The maximum absolute atomic E-state index is 10.1. The van der Waals surface area contributed by atoms with Crippen molar-refractivity contribution >= 4 is 23.2 Å². The fourth-order valence-electron chi connectivity index (χ4n) is 2.43. The van der Waals surface area contributed by atoms with Gasteiger partial charge in [0.1, 0.15) is 11.5 Å². The molecule has 5 heteroatoms. The number of furan rings is 1. The van der Waals surface area contributed by atoms with E-state index in [0.29, 0.717) is 28.9 Å². The quantitative estimate of drug-likeness (QED) is 0.643. The van der Waals surface area contributed by atoms with Crippen LogP contribution < -0.4 is 5.32 Å². The number of hydrogen-bond donors (Lipinski definition) is 2. The molecule has 24 heavy (non-hydrogen) atoms. The van der Waals surface area contributed by atoms with Gasteiger partial charge >= 0.3 is 0 Å². The summed E-state index contributed by atoms with van der Waals surface area (Å²) in [7, 11) is 0. The molecular formula is C19H17Cl2NO2. The first-order chi connectivity index (χ1) is 11.6. The van der Waals surface area contributed by atoms with Crippen LogP contribution >= 0.6 is 23.2 Å². The molecule has 1 aromatic heterocycles. The predicted molar refractivity (Wildman–Crippen MR) is 97.3 cm³/mol. The molecule has 124 valence electrons. The second-order valence-corrected chi connectivity index (χ2v) is 6.29. The zero-order valence-electron chi connectivity index (χ0n) is 12.9. The molecule has 0 spiro atoms. The lowest BCUT2D eigenvalue weighted by molar-refractivity contribution is 0.173. The second-order valence-electron chi connectivity index (χ2n) is 5.45. The van der Waals surface area contributed by atoms with Crippen LogP contribution in [-0.2, 0) is 6.54 Å². The number of rotatable bonds is 6. The molecule has 3 nitrogen and oxygen atoms in total. The fourth-order valence-corrected chi connectivity index (χ4v) is 2.81. The zero-order valence-corrected chi connectivity index (χ0v) is 14.4. The molecule has 0 aliphatic carbocycles. The topological polar surface area (TPSA) is 45.4 Å². The lowest BCUT2D eigenvalue weighted by atomic mass is 10.1. The number of benzene rings is 2. The molecule has 1 unspecified atom stereocenters. The average molecular weight is 362 g/mol. The highest BCUT2D eigenvalue weighted by Crippen LogP contribution is 2.31. The number of halogens is 2. The van der Waals surface area contributed by atoms with E-state index in [0.717, 1.165) is 16.9 Å². The van der Waals surface area contributed by atoms with E-state index in [2.05, 4.69) is 5.32 Å². The van der Waals surface area contributed by atoms with Crippen molar-refractivity contribution < 1.29 is 9.52 Å². The molecule has 1 heterocycles. The Morgan fingerprint density at radius 3 is 2.58 bits per heavy atom. The van der Waals surface area contributed by atoms with Crippen molar-refractivity contribution in [2.24, 2.45) is 0 Å². The fraction of sp³-hybridized carbons (Fsp3) is 0.158. The second kappa shape index (κ2) is 7.86. The van der Waals surface area contributed by atoms with Crippen molar-refractivity contribution in [3.8, 4) is 11.3 Å². The first kappa shape index (κ1) is 17.1. The van der Waals surface area contributed by atoms with E-state index in [4.69, 9.17) is 27.6 Å². The molecule has 3 aromatic rings. The van der Waals surface area contributed by atoms with E-state index in [1.165, 1.54) is 0 Å². The Kier molecular flexibility index (Phi) is 5.59. The largest absolute Gasteiger partial charge is 0.460 e. The van der Waals surface area contributed by atoms with Gasteiger partial charge in [-0.1, -0.05) is 53.5 Å². The number of aliphatic hydroxyl groups excluding tert-OH is 1. The van der Waals surface area contributed by atoms with Crippen LogP contribution in [0.5, 0.6) is 0 Å². The minimum atomic E-state index is -0.553. The first-order valence-corrected chi connectivity index (χ1v) is 8.37. The highest BCUT2D eigenvalue weighted by Gasteiger charge is 2.10. The molecule has 0 aliphatic rings. The maximum Gasteiger partial charge on any atom is 0.135 e. The Balaban J connectivity index is 1.59. The van der Waals surface area contributed by atoms with Gasteiger partial charge < -0.3 is 14.8 Å². The summed E-state index contributed by atoms with van der Waals surface area (Å²) in [6.07, 6.45) is -0.553. The van der Waals surface area contributed by atoms with Crippen LogP contribution in [0, 0.1) is 0 Å². The highest BCUT2D eigenvalue weighted by molar-refractivity contribution is 6.35. The Bertz CT molecular complexity index is 802. The van der Waals surface area contributed by atoms with Crippen LogP contribution in [-0.4, -0.2) is 11.7 Å². The van der Waals surface area contributed by atoms with E-state index < -0.39 is 6.10 Å². The summed E-state index contributed by atoms with van der Waals surface area (Å²) in [4.78, 5) is 0. The third-order valence-corrected chi connectivity index (χ3v) is 4.24. The molecule has 3 rings (SSSR count). The maximum atomic E-state index is 10.1. The molecule has 1 atom stereocenters. The van der Waals surface area contributed by atoms with Crippen LogP contribution in [0.3, 0.4) is 0 Å². The Labute approximate surface area is 150 Å². The molecule has 0 radical (unpaired) electrons. The van der Waals surface area contributed by atoms with Crippen LogP contribution in [0.4, 0.5) is 0 Å². The van der Waals surface area contributed by atoms with E-state index in [-0.39, 0.29) is 0 Å². The molecule has 0 amide bonds. The van der Waals surface area contributed by atoms with Crippen molar-refractivity contribution in [1.29, 1.82) is 0 Å². The van der Waals surface area contributed by atoms with E-state index in [1.807, 2.05) is 42.5 Å². The van der Waals surface area contributed by atoms with E-state index in [1.54, 1.807) is 18.2 Å². The summed E-state index contributed by atoms with van der Waals surface area (Å²) in [6, 6.07) is 18.6. The Morgan fingerprint density at radius 1 is 1.00 bits per heavy atom. The SMILES string of the molecule is OC(CNCc1ccc(-c2cc(Cl)ccc2Cl)o1)c1ccccc1. The third-order valence-electron chi connectivity index (χ3n) is 3.68. The van der Waals surface area contributed by atoms with Crippen LogP contribution in [0.1, 0.15) is 17.4 Å². The average Bonchev–Trinajstić information content (AvgIpc) is 3.06. The van der Waals surface area contributed by atoms with Gasteiger partial charge in [-0.3, -0.25) is 0 Å². The lowest BCUT2D eigenvalue weighted by Crippen LogP contribution is -2.20. The molecule has 0 aliphatic heterocycles. The van der Waals surface area contributed by atoms with Crippen molar-refractivity contribution in [3.05, 3.63) is 82.0 Å². The van der Waals surface area contributed by atoms with Gasteiger partial charge in [-0.25, -0.2) is 0 Å². The minimum Gasteiger partial charge on any atom is -0.460 e. The monoisotopic (exact) mass is 361 g/mol. The highest BCUT2D eigenvalue weighted by atomic mass is 35.5. The molecule has 0 saturated carbocycles. The summed E-state index contributed by atoms with van der Waals surface area (Å²) in [5.74, 6) is 1.43. The lowest BCUT2D eigenvalue weighted by Gasteiger charge is -2.11. The van der Waals surface area contributed by atoms with Crippen LogP contribution in [0.25, 0.3) is 11.3 Å². The number of hydrogen-bond acceptors (Lipinski definition) is 3. The van der Waals surface area contributed by atoms with E-state index >= 15 is 0 Å². The van der Waals surface area contributed by atoms with Gasteiger partial charge in [-0.2, -0.15) is 0 Å². The third kappa shape index (κ3) is 4.19. The molecule has 2 N–H and O–H groups in total. The van der Waals surface area contributed by atoms with Crippen LogP contribution in [0.2, 0.25) is 10.0 Å². The molecular weight excluding hydrogens is 345 g/mol. The number of nitrogens with one attached hydrogen (secondary N) is 1. The molecule has 0 fully saturated rings. The normalized spacial score (nSPS) is 12.3.